The van der Waals surface area contributed by atoms with Crippen LogP contribution in [0.2, 0.25) is 5.15 Å². The summed E-state index contributed by atoms with van der Waals surface area (Å²) in [5.41, 5.74) is 0.655. The molecule has 1 amide bonds. The Bertz CT molecular complexity index is 637. The Labute approximate surface area is 124 Å². The fourth-order valence-electron chi connectivity index (χ4n) is 1.88. The Kier molecular flexibility index (Phi) is 4.29. The van der Waals surface area contributed by atoms with Crippen molar-refractivity contribution in [2.45, 2.75) is 27.2 Å². The van der Waals surface area contributed by atoms with Crippen molar-refractivity contribution in [2.75, 3.05) is 6.54 Å². The Morgan fingerprint density at radius 3 is 2.60 bits per heavy atom. The van der Waals surface area contributed by atoms with Gasteiger partial charge in [-0.3, -0.25) is 4.79 Å². The number of aromatic nitrogens is 1. The molecule has 0 spiro atoms. The lowest BCUT2D eigenvalue weighted by atomic mass is 9.90. The van der Waals surface area contributed by atoms with Crippen LogP contribution in [0.25, 0.3) is 10.8 Å². The van der Waals surface area contributed by atoms with Crippen LogP contribution in [0.15, 0.2) is 30.5 Å². The van der Waals surface area contributed by atoms with Crippen molar-refractivity contribution in [3.8, 4) is 0 Å². The molecule has 0 aliphatic rings. The molecule has 0 bridgehead atoms. The highest BCUT2D eigenvalue weighted by Crippen LogP contribution is 2.24. The van der Waals surface area contributed by atoms with E-state index in [1.54, 1.807) is 6.20 Å². The molecule has 1 aromatic carbocycles. The van der Waals surface area contributed by atoms with Crippen molar-refractivity contribution >= 4 is 28.3 Å². The van der Waals surface area contributed by atoms with Gasteiger partial charge in [-0.15, -0.1) is 0 Å². The number of amides is 1. The summed E-state index contributed by atoms with van der Waals surface area (Å²) in [6.07, 6.45) is 2.55. The van der Waals surface area contributed by atoms with E-state index in [2.05, 4.69) is 31.1 Å². The number of halogens is 1. The molecule has 0 saturated carbocycles. The van der Waals surface area contributed by atoms with Gasteiger partial charge in [-0.1, -0.05) is 56.6 Å². The first-order valence-electron chi connectivity index (χ1n) is 6.76. The lowest BCUT2D eigenvalue weighted by molar-refractivity contribution is 0.0937. The summed E-state index contributed by atoms with van der Waals surface area (Å²) in [7, 11) is 0. The molecular weight excluding hydrogens is 272 g/mol. The van der Waals surface area contributed by atoms with Crippen molar-refractivity contribution in [3.05, 3.63) is 41.2 Å². The quantitative estimate of drug-likeness (QED) is 0.863. The van der Waals surface area contributed by atoms with E-state index < -0.39 is 0 Å². The summed E-state index contributed by atoms with van der Waals surface area (Å²) in [4.78, 5) is 16.4. The van der Waals surface area contributed by atoms with Gasteiger partial charge in [-0.25, -0.2) is 4.98 Å². The van der Waals surface area contributed by atoms with E-state index in [1.807, 2.05) is 24.3 Å². The summed E-state index contributed by atoms with van der Waals surface area (Å²) < 4.78 is 0. The zero-order valence-corrected chi connectivity index (χ0v) is 12.8. The molecule has 0 saturated heterocycles. The monoisotopic (exact) mass is 290 g/mol. The van der Waals surface area contributed by atoms with E-state index in [0.29, 0.717) is 17.3 Å². The zero-order chi connectivity index (χ0) is 14.8. The molecule has 0 atom stereocenters. The number of hydrogen-bond donors (Lipinski definition) is 1. The highest BCUT2D eigenvalue weighted by molar-refractivity contribution is 6.34. The maximum Gasteiger partial charge on any atom is 0.253 e. The molecule has 2 rings (SSSR count). The van der Waals surface area contributed by atoms with E-state index in [4.69, 9.17) is 11.6 Å². The molecule has 106 valence electrons. The van der Waals surface area contributed by atoms with Crippen LogP contribution in [-0.4, -0.2) is 17.4 Å². The largest absolute Gasteiger partial charge is 0.351 e. The van der Waals surface area contributed by atoms with Crippen LogP contribution in [0.4, 0.5) is 0 Å². The minimum atomic E-state index is -0.105. The fraction of sp³-hybridized carbons (Fsp3) is 0.375. The molecular formula is C16H19ClN2O. The molecule has 4 heteroatoms. The average molecular weight is 291 g/mol. The van der Waals surface area contributed by atoms with E-state index in [1.165, 1.54) is 0 Å². The van der Waals surface area contributed by atoms with Gasteiger partial charge < -0.3 is 5.32 Å². The highest BCUT2D eigenvalue weighted by atomic mass is 35.5. The number of pyridine rings is 1. The minimum Gasteiger partial charge on any atom is -0.351 e. The van der Waals surface area contributed by atoms with Crippen molar-refractivity contribution in [3.63, 3.8) is 0 Å². The van der Waals surface area contributed by atoms with Gasteiger partial charge >= 0.3 is 0 Å². The van der Waals surface area contributed by atoms with E-state index in [9.17, 15) is 4.79 Å². The molecule has 2 aromatic rings. The summed E-state index contributed by atoms with van der Waals surface area (Å²) in [6, 6.07) is 7.55. The number of nitrogens with one attached hydrogen (secondary N) is 1. The number of carbonyl (C=O) groups excluding carboxylic acids is 1. The number of hydrogen-bond acceptors (Lipinski definition) is 2. The average Bonchev–Trinajstić information content (AvgIpc) is 2.46. The minimum absolute atomic E-state index is 0.0886. The second kappa shape index (κ2) is 5.80. The Morgan fingerprint density at radius 2 is 1.95 bits per heavy atom. The Balaban J connectivity index is 2.29. The van der Waals surface area contributed by atoms with Crippen LogP contribution >= 0.6 is 11.6 Å². The molecule has 0 aliphatic heterocycles. The number of fused-ring (bicyclic) bond motifs is 1. The maximum absolute atomic E-state index is 12.3. The smallest absolute Gasteiger partial charge is 0.253 e. The fourth-order valence-corrected chi connectivity index (χ4v) is 2.09. The van der Waals surface area contributed by atoms with Crippen LogP contribution in [0, 0.1) is 5.41 Å². The van der Waals surface area contributed by atoms with E-state index >= 15 is 0 Å². The Hall–Kier alpha value is -1.61. The summed E-state index contributed by atoms with van der Waals surface area (Å²) >= 11 is 6.06. The van der Waals surface area contributed by atoms with Crippen LogP contribution in [0.1, 0.15) is 37.6 Å². The number of rotatable bonds is 4. The third-order valence-electron chi connectivity index (χ3n) is 3.68. The van der Waals surface area contributed by atoms with E-state index in [-0.39, 0.29) is 11.3 Å². The zero-order valence-electron chi connectivity index (χ0n) is 12.0. The molecule has 3 nitrogen and oxygen atoms in total. The molecule has 0 fully saturated rings. The summed E-state index contributed by atoms with van der Waals surface area (Å²) in [5, 5.41) is 5.04. The number of benzene rings is 1. The van der Waals surface area contributed by atoms with Gasteiger partial charge in [0.25, 0.3) is 5.91 Å². The summed E-state index contributed by atoms with van der Waals surface area (Å²) in [5.74, 6) is -0.105. The first-order chi connectivity index (χ1) is 9.44. The van der Waals surface area contributed by atoms with Crippen LogP contribution < -0.4 is 5.32 Å². The van der Waals surface area contributed by atoms with Gasteiger partial charge in [-0.05, 0) is 17.2 Å². The second-order valence-corrected chi connectivity index (χ2v) is 6.07. The molecule has 1 aromatic heterocycles. The predicted molar refractivity (Wildman–Crippen MR) is 83.2 cm³/mol. The normalized spacial score (nSPS) is 11.6. The first-order valence-corrected chi connectivity index (χ1v) is 7.14. The lowest BCUT2D eigenvalue weighted by Crippen LogP contribution is -2.33. The van der Waals surface area contributed by atoms with Gasteiger partial charge in [0.1, 0.15) is 5.15 Å². The van der Waals surface area contributed by atoms with E-state index in [0.717, 1.165) is 17.2 Å². The molecule has 0 unspecified atom stereocenters. The van der Waals surface area contributed by atoms with Crippen molar-refractivity contribution in [1.29, 1.82) is 0 Å². The number of nitrogens with zero attached hydrogens (tertiary/aromatic N) is 1. The third kappa shape index (κ3) is 3.10. The SMILES string of the molecule is CCC(C)(C)CNC(=O)c1cnc(Cl)c2ccccc12. The first kappa shape index (κ1) is 14.8. The second-order valence-electron chi connectivity index (χ2n) is 5.71. The molecule has 20 heavy (non-hydrogen) atoms. The Morgan fingerprint density at radius 1 is 1.30 bits per heavy atom. The highest BCUT2D eigenvalue weighted by Gasteiger charge is 2.18. The maximum atomic E-state index is 12.3. The summed E-state index contributed by atoms with van der Waals surface area (Å²) in [6.45, 7) is 7.02. The predicted octanol–water partition coefficient (Wildman–Crippen LogP) is 4.05. The van der Waals surface area contributed by atoms with Crippen LogP contribution in [-0.2, 0) is 0 Å². The third-order valence-corrected chi connectivity index (χ3v) is 3.98. The molecule has 0 radical (unpaired) electrons. The lowest BCUT2D eigenvalue weighted by Gasteiger charge is -2.23. The topological polar surface area (TPSA) is 42.0 Å². The molecule has 1 N–H and O–H groups in total. The van der Waals surface area contributed by atoms with Gasteiger partial charge in [-0.2, -0.15) is 0 Å². The van der Waals surface area contributed by atoms with Crippen LogP contribution in [0.5, 0.6) is 0 Å². The van der Waals surface area contributed by atoms with Gasteiger partial charge in [0.05, 0.1) is 5.56 Å². The van der Waals surface area contributed by atoms with Crippen molar-refractivity contribution < 1.29 is 4.79 Å². The molecule has 1 heterocycles. The molecule has 0 aliphatic carbocycles. The standard InChI is InChI=1S/C16H19ClN2O/c1-4-16(2,3)10-19-15(20)13-9-18-14(17)12-8-6-5-7-11(12)13/h5-9H,4,10H2,1-3H3,(H,19,20). The number of carbonyl (C=O) groups is 1. The van der Waals surface area contributed by atoms with Gasteiger partial charge in [0.2, 0.25) is 0 Å². The van der Waals surface area contributed by atoms with Crippen LogP contribution in [0.3, 0.4) is 0 Å². The van der Waals surface area contributed by atoms with Gasteiger partial charge in [0.15, 0.2) is 0 Å². The van der Waals surface area contributed by atoms with Crippen molar-refractivity contribution in [1.82, 2.24) is 10.3 Å². The van der Waals surface area contributed by atoms with Crippen molar-refractivity contribution in [2.24, 2.45) is 5.41 Å². The van der Waals surface area contributed by atoms with Gasteiger partial charge in [0, 0.05) is 18.1 Å².